The number of hydrogen-bond donors (Lipinski definition) is 1. The van der Waals surface area contributed by atoms with E-state index in [9.17, 15) is 19.2 Å². The Labute approximate surface area is 261 Å². The highest BCUT2D eigenvalue weighted by Crippen LogP contribution is 2.55. The van der Waals surface area contributed by atoms with E-state index in [0.29, 0.717) is 13.1 Å². The molecular weight excluding hydrogens is 550 g/mol. The zero-order valence-electron chi connectivity index (χ0n) is 26.6. The lowest BCUT2D eigenvalue weighted by atomic mass is 9.84. The molecule has 4 aliphatic rings. The first-order valence-corrected chi connectivity index (χ1v) is 15.9. The average Bonchev–Trinajstić information content (AvgIpc) is 3.61. The number of rotatable bonds is 9. The van der Waals surface area contributed by atoms with E-state index < -0.39 is 23.7 Å². The van der Waals surface area contributed by atoms with Crippen LogP contribution in [0.1, 0.15) is 33.3 Å². The summed E-state index contributed by atoms with van der Waals surface area (Å²) in [7, 11) is 1.56. The van der Waals surface area contributed by atoms with Crippen LogP contribution in [0.2, 0.25) is 0 Å². The minimum Gasteiger partial charge on any atom is -0.356 e. The summed E-state index contributed by atoms with van der Waals surface area (Å²) in [5, 5.41) is 0. The lowest BCUT2D eigenvalue weighted by molar-refractivity contribution is -0.367. The lowest BCUT2D eigenvalue weighted by Crippen LogP contribution is -2.56. The molecule has 4 amide bonds. The summed E-state index contributed by atoms with van der Waals surface area (Å²) in [6.07, 6.45) is 14.4. The van der Waals surface area contributed by atoms with Gasteiger partial charge in [-0.25, -0.2) is 0 Å². The van der Waals surface area contributed by atoms with Crippen LogP contribution in [0.3, 0.4) is 0 Å². The standard InChI is InChI=1S/C37H45N3O4/c1-7-24-28(19-21(2)3)26(31-30(24)34(41)39(6)35(31)42)15-16-27-29(20-22(4)5)25(14-13-23-11-9-8-10-12-23)32-33(27)37(44)40(18-17-38)36(32)43/h7-16,19-22,24-27,30-33H,1,17-18,38H2,2-6H3/p+1/b14-13-,16-15-,28-19+,29-20-/t24-,25+,26+,27-,30+,31-,32-,33+/m0/s1. The summed E-state index contributed by atoms with van der Waals surface area (Å²) in [4.78, 5) is 57.1. The monoisotopic (exact) mass is 596 g/mol. The highest BCUT2D eigenvalue weighted by Gasteiger charge is 2.61. The van der Waals surface area contributed by atoms with Gasteiger partial charge in [-0.15, -0.1) is 6.58 Å². The van der Waals surface area contributed by atoms with Gasteiger partial charge in [0.1, 0.15) is 0 Å². The molecule has 0 radical (unpaired) electrons. The third-order valence-corrected chi connectivity index (χ3v) is 9.70. The summed E-state index contributed by atoms with van der Waals surface area (Å²) in [6, 6.07) is 9.97. The van der Waals surface area contributed by atoms with Crippen molar-refractivity contribution in [3.05, 3.63) is 90.1 Å². The summed E-state index contributed by atoms with van der Waals surface area (Å²) in [5.41, 5.74) is 7.03. The number of hydrogen-bond acceptors (Lipinski definition) is 4. The number of likely N-dealkylation sites (tertiary alicyclic amines) is 2. The van der Waals surface area contributed by atoms with Crippen LogP contribution in [0.5, 0.6) is 0 Å². The Morgan fingerprint density at radius 1 is 0.727 bits per heavy atom. The van der Waals surface area contributed by atoms with E-state index in [1.54, 1.807) is 13.1 Å². The van der Waals surface area contributed by atoms with Gasteiger partial charge in [0.2, 0.25) is 23.6 Å². The van der Waals surface area contributed by atoms with E-state index in [2.05, 4.69) is 70.4 Å². The van der Waals surface area contributed by atoms with Crippen molar-refractivity contribution in [2.75, 3.05) is 20.1 Å². The number of nitrogens with zero attached hydrogens (tertiary/aromatic N) is 2. The second-order valence-electron chi connectivity index (χ2n) is 13.3. The number of imide groups is 2. The third-order valence-electron chi connectivity index (χ3n) is 9.70. The summed E-state index contributed by atoms with van der Waals surface area (Å²) < 4.78 is 0. The molecule has 0 unspecified atom stereocenters. The molecule has 8 atom stereocenters. The van der Waals surface area contributed by atoms with Gasteiger partial charge in [-0.1, -0.05) is 112 Å². The third kappa shape index (κ3) is 5.36. The van der Waals surface area contributed by atoms with Gasteiger partial charge in [0, 0.05) is 30.7 Å². The minimum absolute atomic E-state index is 0.136. The van der Waals surface area contributed by atoms with Gasteiger partial charge in [-0.3, -0.25) is 29.0 Å². The fourth-order valence-electron chi connectivity index (χ4n) is 8.01. The number of benzene rings is 1. The quantitative estimate of drug-likeness (QED) is 0.342. The van der Waals surface area contributed by atoms with E-state index in [4.69, 9.17) is 0 Å². The zero-order chi connectivity index (χ0) is 31.9. The van der Waals surface area contributed by atoms with E-state index in [-0.39, 0.29) is 59.1 Å². The molecule has 232 valence electrons. The molecular formula is C37H46N3O4+. The molecule has 2 aliphatic heterocycles. The molecule has 2 saturated carbocycles. The number of carbonyl (C=O) groups excluding carboxylic acids is 4. The molecule has 0 bridgehead atoms. The van der Waals surface area contributed by atoms with Gasteiger partial charge in [0.25, 0.3) is 0 Å². The molecule has 3 N–H and O–H groups in total. The fourth-order valence-corrected chi connectivity index (χ4v) is 8.01. The average molecular weight is 597 g/mol. The second-order valence-corrected chi connectivity index (χ2v) is 13.3. The normalized spacial score (nSPS) is 33.9. The smallest absolute Gasteiger partial charge is 0.234 e. The van der Waals surface area contributed by atoms with Crippen molar-refractivity contribution in [3.63, 3.8) is 0 Å². The van der Waals surface area contributed by atoms with Gasteiger partial charge >= 0.3 is 0 Å². The van der Waals surface area contributed by atoms with Gasteiger partial charge in [0.15, 0.2) is 0 Å². The van der Waals surface area contributed by atoms with Gasteiger partial charge in [0.05, 0.1) is 36.8 Å². The van der Waals surface area contributed by atoms with E-state index >= 15 is 0 Å². The molecule has 2 heterocycles. The van der Waals surface area contributed by atoms with Crippen molar-refractivity contribution in [1.82, 2.24) is 9.80 Å². The fraction of sp³-hybridized carbons (Fsp3) is 0.459. The number of amides is 4. The molecule has 5 rings (SSSR count). The van der Waals surface area contributed by atoms with E-state index in [1.807, 2.05) is 36.4 Å². The van der Waals surface area contributed by atoms with Crippen LogP contribution in [0.15, 0.2) is 84.5 Å². The number of fused-ring (bicyclic) bond motifs is 2. The predicted octanol–water partition coefficient (Wildman–Crippen LogP) is 4.17. The molecule has 7 nitrogen and oxygen atoms in total. The first-order valence-electron chi connectivity index (χ1n) is 15.9. The molecule has 2 saturated heterocycles. The Morgan fingerprint density at radius 2 is 1.18 bits per heavy atom. The molecule has 1 aromatic carbocycles. The molecule has 4 fully saturated rings. The molecule has 1 aromatic rings. The van der Waals surface area contributed by atoms with Crippen LogP contribution in [0, 0.1) is 59.2 Å². The van der Waals surface area contributed by atoms with Crippen molar-refractivity contribution in [2.24, 2.45) is 59.2 Å². The maximum absolute atomic E-state index is 13.9. The SMILES string of the molecule is C=C[C@H]1/C(=C\C(C)C)[C@@H](/C=C\[C@H]2/C(=C\C(C)C)[C@@H](/C=C\c3ccccc3)[C@@H]3C(=O)N(CC[NH3+])C(=O)[C@@H]32)[C@@H]2C(=O)N(C)C(=O)[C@@H]21. The van der Waals surface area contributed by atoms with Crippen LogP contribution in [0.4, 0.5) is 0 Å². The first-order chi connectivity index (χ1) is 21.0. The Morgan fingerprint density at radius 3 is 1.66 bits per heavy atom. The molecule has 0 spiro atoms. The topological polar surface area (TPSA) is 102 Å². The highest BCUT2D eigenvalue weighted by atomic mass is 16.2. The predicted molar refractivity (Wildman–Crippen MR) is 171 cm³/mol. The maximum Gasteiger partial charge on any atom is 0.234 e. The molecule has 0 aromatic heterocycles. The van der Waals surface area contributed by atoms with Crippen molar-refractivity contribution < 1.29 is 24.9 Å². The Kier molecular flexibility index (Phi) is 9.07. The molecule has 44 heavy (non-hydrogen) atoms. The Balaban J connectivity index is 1.62. The van der Waals surface area contributed by atoms with Gasteiger partial charge in [-0.2, -0.15) is 0 Å². The maximum atomic E-state index is 13.9. The van der Waals surface area contributed by atoms with Crippen LogP contribution >= 0.6 is 0 Å². The van der Waals surface area contributed by atoms with Crippen molar-refractivity contribution >= 4 is 29.7 Å². The van der Waals surface area contributed by atoms with Crippen LogP contribution in [-0.2, 0) is 19.2 Å². The number of allylic oxidation sites excluding steroid dienone is 8. The molecule has 7 heteroatoms. The van der Waals surface area contributed by atoms with Gasteiger partial charge < -0.3 is 5.73 Å². The zero-order valence-corrected chi connectivity index (χ0v) is 26.6. The molecule has 2 aliphatic carbocycles. The lowest BCUT2D eigenvalue weighted by Gasteiger charge is -2.22. The van der Waals surface area contributed by atoms with Crippen molar-refractivity contribution in [3.8, 4) is 0 Å². The summed E-state index contributed by atoms with van der Waals surface area (Å²) in [6.45, 7) is 13.2. The van der Waals surface area contributed by atoms with Crippen molar-refractivity contribution in [1.29, 1.82) is 0 Å². The largest absolute Gasteiger partial charge is 0.356 e. The van der Waals surface area contributed by atoms with Crippen LogP contribution in [0.25, 0.3) is 6.08 Å². The number of carbonyl (C=O) groups is 4. The summed E-state index contributed by atoms with van der Waals surface area (Å²) >= 11 is 0. The Bertz CT molecular complexity index is 1450. The minimum atomic E-state index is -0.533. The highest BCUT2D eigenvalue weighted by molar-refractivity contribution is 6.07. The Hall–Kier alpha value is -3.84. The second kappa shape index (κ2) is 12.6. The van der Waals surface area contributed by atoms with Gasteiger partial charge in [-0.05, 0) is 17.4 Å². The van der Waals surface area contributed by atoms with E-state index in [0.717, 1.165) is 16.7 Å². The van der Waals surface area contributed by atoms with Crippen molar-refractivity contribution in [2.45, 2.75) is 27.7 Å². The van der Waals surface area contributed by atoms with Crippen LogP contribution < -0.4 is 5.73 Å². The van der Waals surface area contributed by atoms with Crippen LogP contribution in [-0.4, -0.2) is 53.6 Å². The van der Waals surface area contributed by atoms with E-state index in [1.165, 1.54) is 9.80 Å². The first kappa shape index (κ1) is 31.6. The number of quaternary nitrogens is 1. The summed E-state index contributed by atoms with van der Waals surface area (Å²) in [5.74, 6) is -3.31.